The quantitative estimate of drug-likeness (QED) is 0.249. The minimum Gasteiger partial charge on any atom is -0.507 e. The monoisotopic (exact) mass is 426 g/mol. The normalized spacial score (nSPS) is 22.0. The minimum absolute atomic E-state index is 0.123. The summed E-state index contributed by atoms with van der Waals surface area (Å²) in [6.07, 6.45) is 12.0. The van der Waals surface area contributed by atoms with Gasteiger partial charge in [-0.05, 0) is 73.6 Å². The molecule has 3 rings (SSSR count). The number of phenols is 2. The molecule has 2 atom stereocenters. The number of aromatic hydroxyl groups is 2. The fourth-order valence-corrected chi connectivity index (χ4v) is 5.12. The van der Waals surface area contributed by atoms with Gasteiger partial charge in [-0.15, -0.1) is 0 Å². The molecule has 1 aromatic rings. The highest BCUT2D eigenvalue weighted by Gasteiger charge is 2.44. The zero-order valence-electron chi connectivity index (χ0n) is 19.4. The predicted molar refractivity (Wildman–Crippen MR) is 124 cm³/mol. The number of hydrogen-bond acceptors (Lipinski definition) is 4. The molecule has 2 aliphatic carbocycles. The molecule has 0 heterocycles. The Morgan fingerprint density at radius 3 is 2.39 bits per heavy atom. The van der Waals surface area contributed by atoms with E-state index in [9.17, 15) is 15.0 Å². The summed E-state index contributed by atoms with van der Waals surface area (Å²) in [5, 5.41) is 22.0. The van der Waals surface area contributed by atoms with E-state index in [0.29, 0.717) is 5.56 Å². The first-order chi connectivity index (χ1) is 14.8. The summed E-state index contributed by atoms with van der Waals surface area (Å²) in [4.78, 5) is 11.2. The van der Waals surface area contributed by atoms with Gasteiger partial charge in [0.1, 0.15) is 18.1 Å². The second kappa shape index (κ2) is 9.93. The Balaban J connectivity index is 1.87. The molecule has 0 spiro atoms. The molecule has 0 aromatic heterocycles. The summed E-state index contributed by atoms with van der Waals surface area (Å²) in [6, 6.07) is 3.76. The van der Waals surface area contributed by atoms with Crippen molar-refractivity contribution >= 4 is 5.97 Å². The van der Waals surface area contributed by atoms with E-state index in [4.69, 9.17) is 4.74 Å². The Labute approximate surface area is 187 Å². The summed E-state index contributed by atoms with van der Waals surface area (Å²) in [5.74, 6) is -0.0199. The Bertz CT molecular complexity index is 824. The predicted octanol–water partition coefficient (Wildman–Crippen LogP) is 6.66. The fourth-order valence-electron chi connectivity index (χ4n) is 5.12. The second-order valence-electron chi connectivity index (χ2n) is 9.64. The summed E-state index contributed by atoms with van der Waals surface area (Å²) in [5.41, 5.74) is 3.81. The van der Waals surface area contributed by atoms with Gasteiger partial charge in [0.25, 0.3) is 0 Å². The van der Waals surface area contributed by atoms with E-state index in [2.05, 4.69) is 19.6 Å². The zero-order chi connectivity index (χ0) is 22.6. The van der Waals surface area contributed by atoms with Gasteiger partial charge in [0.15, 0.2) is 0 Å². The van der Waals surface area contributed by atoms with Crippen LogP contribution in [-0.4, -0.2) is 22.8 Å². The Hall–Kier alpha value is -2.23. The van der Waals surface area contributed by atoms with Gasteiger partial charge < -0.3 is 14.9 Å². The van der Waals surface area contributed by atoms with E-state index in [1.165, 1.54) is 32.6 Å². The molecule has 0 amide bonds. The number of phenolic OH excluding ortho intramolecular Hbond substituents is 2. The van der Waals surface area contributed by atoms with Crippen LogP contribution in [0.3, 0.4) is 0 Å². The second-order valence-corrected chi connectivity index (χ2v) is 9.64. The number of carbonyl (C=O) groups is 1. The number of carbonyl (C=O) groups excluding carboxylic acids is 1. The fraction of sp³-hybridized carbons (Fsp3) is 0.593. The number of esters is 1. The highest BCUT2D eigenvalue weighted by molar-refractivity contribution is 5.66. The van der Waals surface area contributed by atoms with Crippen LogP contribution in [0.5, 0.6) is 11.5 Å². The van der Waals surface area contributed by atoms with Crippen molar-refractivity contribution in [2.45, 2.75) is 89.9 Å². The summed E-state index contributed by atoms with van der Waals surface area (Å²) in [6.45, 7) is 10.0. The van der Waals surface area contributed by atoms with E-state index in [-0.39, 0.29) is 41.3 Å². The molecule has 0 aliphatic heterocycles. The lowest BCUT2D eigenvalue weighted by Gasteiger charge is -2.32. The van der Waals surface area contributed by atoms with Gasteiger partial charge in [-0.1, -0.05) is 50.8 Å². The van der Waals surface area contributed by atoms with E-state index < -0.39 is 0 Å². The maximum absolute atomic E-state index is 11.2. The topological polar surface area (TPSA) is 66.8 Å². The lowest BCUT2D eigenvalue weighted by molar-refractivity contribution is -0.140. The molecular weight excluding hydrogens is 388 g/mol. The molecule has 170 valence electrons. The number of benzene rings is 1. The van der Waals surface area contributed by atoms with Gasteiger partial charge in [-0.25, -0.2) is 0 Å². The third-order valence-electron chi connectivity index (χ3n) is 7.16. The van der Waals surface area contributed by atoms with Crippen LogP contribution >= 0.6 is 0 Å². The van der Waals surface area contributed by atoms with Crippen molar-refractivity contribution < 1.29 is 19.7 Å². The number of unbranched alkanes of at least 4 members (excludes halogenated alkanes) is 3. The third-order valence-corrected chi connectivity index (χ3v) is 7.16. The van der Waals surface area contributed by atoms with Crippen molar-refractivity contribution in [2.24, 2.45) is 5.92 Å². The largest absolute Gasteiger partial charge is 0.507 e. The molecule has 1 fully saturated rings. The van der Waals surface area contributed by atoms with Gasteiger partial charge >= 0.3 is 5.97 Å². The number of rotatable bonds is 10. The minimum atomic E-state index is -0.303. The van der Waals surface area contributed by atoms with Crippen molar-refractivity contribution in [3.05, 3.63) is 47.1 Å². The van der Waals surface area contributed by atoms with E-state index >= 15 is 0 Å². The zero-order valence-corrected chi connectivity index (χ0v) is 19.4. The molecule has 4 heteroatoms. The van der Waals surface area contributed by atoms with Crippen LogP contribution in [0.4, 0.5) is 0 Å². The van der Waals surface area contributed by atoms with Crippen LogP contribution in [0, 0.1) is 5.92 Å². The number of hydrogen-bond donors (Lipinski definition) is 2. The van der Waals surface area contributed by atoms with Crippen molar-refractivity contribution in [2.75, 3.05) is 6.61 Å². The molecule has 2 aliphatic rings. The average Bonchev–Trinajstić information content (AvgIpc) is 3.50. The Morgan fingerprint density at radius 1 is 1.16 bits per heavy atom. The number of ether oxygens (including phenoxy) is 1. The van der Waals surface area contributed by atoms with Crippen molar-refractivity contribution in [3.8, 4) is 11.5 Å². The first-order valence-electron chi connectivity index (χ1n) is 11.8. The SMILES string of the molecule is C=C(C)C1CCC(COC(C)=O)=C[C@@H]1c1c(O)cc(C2(CCCCCC)CC2)cc1O. The molecule has 1 saturated carbocycles. The molecular formula is C27H38O4. The van der Waals surface area contributed by atoms with E-state index in [1.54, 1.807) is 0 Å². The molecule has 0 radical (unpaired) electrons. The summed E-state index contributed by atoms with van der Waals surface area (Å²) in [7, 11) is 0. The van der Waals surface area contributed by atoms with Gasteiger partial charge in [0, 0.05) is 18.4 Å². The van der Waals surface area contributed by atoms with Crippen LogP contribution in [0.15, 0.2) is 35.9 Å². The van der Waals surface area contributed by atoms with E-state index in [1.807, 2.05) is 19.1 Å². The molecule has 4 nitrogen and oxygen atoms in total. The first-order valence-corrected chi connectivity index (χ1v) is 11.8. The van der Waals surface area contributed by atoms with Crippen LogP contribution in [0.25, 0.3) is 0 Å². The molecule has 1 aromatic carbocycles. The molecule has 2 N–H and O–H groups in total. The number of allylic oxidation sites excluding steroid dienone is 2. The lowest BCUT2D eigenvalue weighted by Crippen LogP contribution is -2.20. The van der Waals surface area contributed by atoms with Crippen LogP contribution in [0.1, 0.15) is 95.6 Å². The van der Waals surface area contributed by atoms with Gasteiger partial charge in [0.05, 0.1) is 0 Å². The summed E-state index contributed by atoms with van der Waals surface area (Å²) >= 11 is 0. The highest BCUT2D eigenvalue weighted by Crippen LogP contribution is 2.55. The smallest absolute Gasteiger partial charge is 0.302 e. The van der Waals surface area contributed by atoms with Crippen molar-refractivity contribution in [3.63, 3.8) is 0 Å². The third kappa shape index (κ3) is 5.53. The molecule has 1 unspecified atom stereocenters. The van der Waals surface area contributed by atoms with Crippen LogP contribution in [0.2, 0.25) is 0 Å². The van der Waals surface area contributed by atoms with Gasteiger partial charge in [0.2, 0.25) is 0 Å². The Morgan fingerprint density at radius 2 is 1.84 bits per heavy atom. The van der Waals surface area contributed by atoms with E-state index in [0.717, 1.165) is 48.8 Å². The molecule has 0 saturated heterocycles. The highest BCUT2D eigenvalue weighted by atomic mass is 16.5. The maximum atomic E-state index is 11.2. The van der Waals surface area contributed by atoms with Crippen molar-refractivity contribution in [1.29, 1.82) is 0 Å². The van der Waals surface area contributed by atoms with Crippen molar-refractivity contribution in [1.82, 2.24) is 0 Å². The lowest BCUT2D eigenvalue weighted by atomic mass is 9.73. The van der Waals surface area contributed by atoms with Crippen LogP contribution < -0.4 is 0 Å². The standard InChI is InChI=1S/C27H38O4/c1-5-6-7-8-11-27(12-13-27)21-15-24(29)26(25(30)16-21)23-14-20(17-31-19(4)28)9-10-22(23)18(2)3/h14-16,22-23,29-30H,2,5-13,17H2,1,3-4H3/t22?,23-/m0/s1. The first kappa shape index (κ1) is 23.4. The van der Waals surface area contributed by atoms with Gasteiger partial charge in [-0.3, -0.25) is 4.79 Å². The summed E-state index contributed by atoms with van der Waals surface area (Å²) < 4.78 is 5.19. The van der Waals surface area contributed by atoms with Gasteiger partial charge in [-0.2, -0.15) is 0 Å². The maximum Gasteiger partial charge on any atom is 0.302 e. The Kier molecular flexibility index (Phi) is 7.51. The molecule has 0 bridgehead atoms. The average molecular weight is 427 g/mol. The van der Waals surface area contributed by atoms with Crippen LogP contribution in [-0.2, 0) is 14.9 Å². The molecule has 31 heavy (non-hydrogen) atoms.